The van der Waals surface area contributed by atoms with Gasteiger partial charge in [-0.15, -0.1) is 0 Å². The highest BCUT2D eigenvalue weighted by molar-refractivity contribution is 6.31. The first-order valence-electron chi connectivity index (χ1n) is 5.32. The second-order valence-corrected chi connectivity index (χ2v) is 4.19. The summed E-state index contributed by atoms with van der Waals surface area (Å²) in [5.41, 5.74) is 5.89. The molecule has 2 N–H and O–H groups in total. The minimum absolute atomic E-state index is 0.0347. The Bertz CT molecular complexity index is 588. The molecule has 5 nitrogen and oxygen atoms in total. The van der Waals surface area contributed by atoms with Gasteiger partial charge in [-0.25, -0.2) is 9.18 Å². The van der Waals surface area contributed by atoms with Crippen LogP contribution in [-0.2, 0) is 11.3 Å². The molecule has 0 spiro atoms. The molecule has 0 aliphatic rings. The van der Waals surface area contributed by atoms with E-state index in [1.54, 1.807) is 6.92 Å². The molecule has 19 heavy (non-hydrogen) atoms. The minimum Gasteiger partial charge on any atom is -0.457 e. The smallest absolute Gasteiger partial charge is 0.346 e. The van der Waals surface area contributed by atoms with Gasteiger partial charge in [-0.2, -0.15) is 0 Å². The van der Waals surface area contributed by atoms with Crippen LogP contribution in [0.15, 0.2) is 22.7 Å². The number of aryl methyl sites for hydroxylation is 1. The molecule has 0 unspecified atom stereocenters. The van der Waals surface area contributed by atoms with Gasteiger partial charge in [0.1, 0.15) is 18.0 Å². The highest BCUT2D eigenvalue weighted by Gasteiger charge is 2.20. The zero-order valence-corrected chi connectivity index (χ0v) is 10.7. The lowest BCUT2D eigenvalue weighted by molar-refractivity contribution is 0.0469. The van der Waals surface area contributed by atoms with Gasteiger partial charge in [-0.05, 0) is 19.1 Å². The SMILES string of the molecule is Cc1noc(N)c1C(=O)OCc1c(F)cccc1Cl. The van der Waals surface area contributed by atoms with Crippen molar-refractivity contribution in [2.45, 2.75) is 13.5 Å². The highest BCUT2D eigenvalue weighted by Crippen LogP contribution is 2.22. The zero-order valence-electron chi connectivity index (χ0n) is 9.94. The second kappa shape index (κ2) is 5.27. The van der Waals surface area contributed by atoms with Crippen molar-refractivity contribution >= 4 is 23.5 Å². The number of carbonyl (C=O) groups excluding carboxylic acids is 1. The van der Waals surface area contributed by atoms with E-state index in [0.717, 1.165) is 0 Å². The van der Waals surface area contributed by atoms with Crippen LogP contribution in [0.25, 0.3) is 0 Å². The molecule has 2 rings (SSSR count). The monoisotopic (exact) mass is 284 g/mol. The number of hydrogen-bond donors (Lipinski definition) is 1. The number of esters is 1. The van der Waals surface area contributed by atoms with E-state index in [-0.39, 0.29) is 28.6 Å². The molecule has 0 fully saturated rings. The Kier molecular flexibility index (Phi) is 3.71. The number of ether oxygens (including phenoxy) is 1. The number of carbonyl (C=O) groups is 1. The van der Waals surface area contributed by atoms with Crippen molar-refractivity contribution in [3.63, 3.8) is 0 Å². The summed E-state index contributed by atoms with van der Waals surface area (Å²) in [7, 11) is 0. The van der Waals surface area contributed by atoms with E-state index in [4.69, 9.17) is 22.1 Å². The summed E-state index contributed by atoms with van der Waals surface area (Å²) < 4.78 is 23.1. The summed E-state index contributed by atoms with van der Waals surface area (Å²) in [4.78, 5) is 11.8. The van der Waals surface area contributed by atoms with Crippen molar-refractivity contribution in [2.24, 2.45) is 0 Å². The van der Waals surface area contributed by atoms with Gasteiger partial charge in [-0.3, -0.25) is 0 Å². The number of nitrogens with zero attached hydrogens (tertiary/aromatic N) is 1. The molecule has 1 heterocycles. The fraction of sp³-hybridized carbons (Fsp3) is 0.167. The van der Waals surface area contributed by atoms with Crippen LogP contribution in [0.2, 0.25) is 5.02 Å². The topological polar surface area (TPSA) is 78.4 Å². The molecule has 0 atom stereocenters. The van der Waals surface area contributed by atoms with Crippen LogP contribution in [0.4, 0.5) is 10.3 Å². The van der Waals surface area contributed by atoms with E-state index in [9.17, 15) is 9.18 Å². The fourth-order valence-electron chi connectivity index (χ4n) is 1.52. The van der Waals surface area contributed by atoms with E-state index in [1.165, 1.54) is 18.2 Å². The van der Waals surface area contributed by atoms with Gasteiger partial charge in [-0.1, -0.05) is 22.8 Å². The predicted octanol–water partition coefficient (Wildman–Crippen LogP) is 2.71. The number of anilines is 1. The Hall–Kier alpha value is -2.08. The zero-order chi connectivity index (χ0) is 14.0. The molecule has 0 radical (unpaired) electrons. The van der Waals surface area contributed by atoms with Crippen LogP contribution >= 0.6 is 11.6 Å². The van der Waals surface area contributed by atoms with Crippen LogP contribution in [-0.4, -0.2) is 11.1 Å². The standard InChI is InChI=1S/C12H10ClFN2O3/c1-6-10(11(15)19-16-6)12(17)18-5-7-8(13)3-2-4-9(7)14/h2-4H,5,15H2,1H3. The summed E-state index contributed by atoms with van der Waals surface area (Å²) in [5.74, 6) is -1.42. The average Bonchev–Trinajstić information content (AvgIpc) is 2.68. The molecule has 0 bridgehead atoms. The quantitative estimate of drug-likeness (QED) is 0.877. The number of hydrogen-bond acceptors (Lipinski definition) is 5. The van der Waals surface area contributed by atoms with Crippen LogP contribution in [0.1, 0.15) is 21.6 Å². The van der Waals surface area contributed by atoms with E-state index >= 15 is 0 Å². The van der Waals surface area contributed by atoms with Crippen LogP contribution in [0.5, 0.6) is 0 Å². The van der Waals surface area contributed by atoms with Crippen molar-refractivity contribution in [3.05, 3.63) is 45.9 Å². The molecule has 0 aliphatic heterocycles. The number of benzene rings is 1. The van der Waals surface area contributed by atoms with E-state index in [0.29, 0.717) is 5.69 Å². The summed E-state index contributed by atoms with van der Waals surface area (Å²) >= 11 is 5.81. The maximum Gasteiger partial charge on any atom is 0.346 e. The number of aromatic nitrogens is 1. The van der Waals surface area contributed by atoms with Crippen molar-refractivity contribution in [2.75, 3.05) is 5.73 Å². The lowest BCUT2D eigenvalue weighted by atomic mass is 10.2. The number of rotatable bonds is 3. The first kappa shape index (κ1) is 13.4. The molecule has 0 amide bonds. The summed E-state index contributed by atoms with van der Waals surface area (Å²) in [5, 5.41) is 3.71. The van der Waals surface area contributed by atoms with Gasteiger partial charge in [0, 0.05) is 5.56 Å². The Labute approximate surface area is 113 Å². The Morgan fingerprint density at radius 3 is 2.89 bits per heavy atom. The molecule has 1 aromatic carbocycles. The first-order chi connectivity index (χ1) is 9.00. The van der Waals surface area contributed by atoms with E-state index in [1.807, 2.05) is 0 Å². The summed E-state index contributed by atoms with van der Waals surface area (Å²) in [6.45, 7) is 1.25. The van der Waals surface area contributed by atoms with Crippen molar-refractivity contribution < 1.29 is 18.4 Å². The van der Waals surface area contributed by atoms with Crippen LogP contribution < -0.4 is 5.73 Å². The molecular formula is C12H10ClFN2O3. The molecule has 0 saturated heterocycles. The third-order valence-electron chi connectivity index (χ3n) is 2.50. The Morgan fingerprint density at radius 2 is 2.32 bits per heavy atom. The lowest BCUT2D eigenvalue weighted by Crippen LogP contribution is -2.09. The van der Waals surface area contributed by atoms with Crippen molar-refractivity contribution in [1.82, 2.24) is 5.16 Å². The normalized spacial score (nSPS) is 10.5. The molecule has 7 heteroatoms. The van der Waals surface area contributed by atoms with Gasteiger partial charge in [0.25, 0.3) is 0 Å². The van der Waals surface area contributed by atoms with Crippen molar-refractivity contribution in [1.29, 1.82) is 0 Å². The highest BCUT2D eigenvalue weighted by atomic mass is 35.5. The van der Waals surface area contributed by atoms with E-state index < -0.39 is 11.8 Å². The molecule has 100 valence electrons. The average molecular weight is 285 g/mol. The van der Waals surface area contributed by atoms with Crippen LogP contribution in [0, 0.1) is 12.7 Å². The maximum atomic E-state index is 13.5. The first-order valence-corrected chi connectivity index (χ1v) is 5.70. The summed E-state index contributed by atoms with van der Waals surface area (Å²) in [6.07, 6.45) is 0. The predicted molar refractivity (Wildman–Crippen MR) is 66.2 cm³/mol. The number of nitrogens with two attached hydrogens (primary N) is 1. The van der Waals surface area contributed by atoms with Gasteiger partial charge in [0.15, 0.2) is 0 Å². The molecule has 0 aliphatic carbocycles. The lowest BCUT2D eigenvalue weighted by Gasteiger charge is -2.07. The minimum atomic E-state index is -0.740. The van der Waals surface area contributed by atoms with E-state index in [2.05, 4.69) is 9.68 Å². The Morgan fingerprint density at radius 1 is 1.58 bits per heavy atom. The third kappa shape index (κ3) is 2.68. The number of nitrogen functional groups attached to an aromatic ring is 1. The summed E-state index contributed by atoms with van der Waals surface area (Å²) in [6, 6.07) is 4.20. The maximum absolute atomic E-state index is 13.5. The van der Waals surface area contributed by atoms with Gasteiger partial charge in [0.2, 0.25) is 5.88 Å². The molecule has 1 aromatic heterocycles. The van der Waals surface area contributed by atoms with Gasteiger partial charge < -0.3 is 15.0 Å². The van der Waals surface area contributed by atoms with Crippen LogP contribution in [0.3, 0.4) is 0 Å². The largest absolute Gasteiger partial charge is 0.457 e. The molecular weight excluding hydrogens is 275 g/mol. The molecule has 2 aromatic rings. The van der Waals surface area contributed by atoms with Gasteiger partial charge in [0.05, 0.1) is 10.7 Å². The number of halogens is 2. The Balaban J connectivity index is 2.13. The van der Waals surface area contributed by atoms with Crippen molar-refractivity contribution in [3.8, 4) is 0 Å². The van der Waals surface area contributed by atoms with Gasteiger partial charge >= 0.3 is 5.97 Å². The fourth-order valence-corrected chi connectivity index (χ4v) is 1.73. The second-order valence-electron chi connectivity index (χ2n) is 3.78. The third-order valence-corrected chi connectivity index (χ3v) is 2.86. The molecule has 0 saturated carbocycles.